The third-order valence-corrected chi connectivity index (χ3v) is 3.58. The van der Waals surface area contributed by atoms with E-state index in [0.29, 0.717) is 6.54 Å². The lowest BCUT2D eigenvalue weighted by molar-refractivity contribution is 0.463. The second-order valence-electron chi connectivity index (χ2n) is 3.01. The van der Waals surface area contributed by atoms with Gasteiger partial charge in [-0.2, -0.15) is 0 Å². The molecule has 0 aromatic carbocycles. The van der Waals surface area contributed by atoms with Crippen molar-refractivity contribution in [3.63, 3.8) is 0 Å². The van der Waals surface area contributed by atoms with Crippen LogP contribution < -0.4 is 5.32 Å². The zero-order valence-electron chi connectivity index (χ0n) is 7.76. The molecule has 0 unspecified atom stereocenters. The van der Waals surface area contributed by atoms with Gasteiger partial charge in [0.25, 0.3) is 0 Å². The maximum absolute atomic E-state index is 5.42. The predicted molar refractivity (Wildman–Crippen MR) is 63.2 cm³/mol. The Kier molecular flexibility index (Phi) is 3.61. The number of aromatic nitrogens is 2. The monoisotopic (exact) mass is 333 g/mol. The smallest absolute Gasteiger partial charge is 0.183 e. The minimum absolute atomic E-state index is 0.684. The summed E-state index contributed by atoms with van der Waals surface area (Å²) in [5.41, 5.74) is 1.06. The van der Waals surface area contributed by atoms with Gasteiger partial charge in [-0.3, -0.25) is 0 Å². The number of H-pyrrole nitrogens is 1. The normalized spacial score (nSPS) is 10.8. The van der Waals surface area contributed by atoms with Crippen LogP contribution in [0.5, 0.6) is 0 Å². The van der Waals surface area contributed by atoms with Crippen molar-refractivity contribution in [1.29, 1.82) is 0 Å². The molecule has 0 atom stereocenters. The molecular formula is C9H9Br2N3O. The molecule has 2 rings (SSSR count). The number of halogens is 2. The van der Waals surface area contributed by atoms with E-state index in [0.717, 1.165) is 27.1 Å². The zero-order chi connectivity index (χ0) is 10.7. The van der Waals surface area contributed by atoms with Crippen LogP contribution in [0.1, 0.15) is 11.5 Å². The van der Waals surface area contributed by atoms with Gasteiger partial charge in [0.1, 0.15) is 5.76 Å². The summed E-state index contributed by atoms with van der Waals surface area (Å²) in [6.07, 6.45) is 3.46. The second kappa shape index (κ2) is 4.96. The fourth-order valence-electron chi connectivity index (χ4n) is 1.18. The fraction of sp³-hybridized carbons (Fsp3) is 0.222. The maximum Gasteiger partial charge on any atom is 0.183 e. The van der Waals surface area contributed by atoms with Gasteiger partial charge in [0.05, 0.1) is 17.3 Å². The molecule has 0 spiro atoms. The highest BCUT2D eigenvalue weighted by molar-refractivity contribution is 9.13. The number of rotatable bonds is 4. The van der Waals surface area contributed by atoms with E-state index in [1.54, 1.807) is 12.5 Å². The Morgan fingerprint density at radius 2 is 2.27 bits per heavy atom. The minimum atomic E-state index is 0.684. The number of aromatic amines is 1. The number of hydrogen-bond donors (Lipinski definition) is 2. The van der Waals surface area contributed by atoms with Gasteiger partial charge in [-0.15, -0.1) is 0 Å². The first-order valence-corrected chi connectivity index (χ1v) is 5.96. The molecule has 80 valence electrons. The molecular weight excluding hydrogens is 326 g/mol. The van der Waals surface area contributed by atoms with E-state index < -0.39 is 0 Å². The molecule has 0 aliphatic heterocycles. The largest absolute Gasteiger partial charge is 0.452 e. The lowest BCUT2D eigenvalue weighted by atomic mass is 10.4. The van der Waals surface area contributed by atoms with Gasteiger partial charge < -0.3 is 14.7 Å². The molecule has 0 saturated carbocycles. The molecule has 0 fully saturated rings. The van der Waals surface area contributed by atoms with E-state index in [2.05, 4.69) is 47.1 Å². The second-order valence-corrected chi connectivity index (χ2v) is 4.59. The van der Waals surface area contributed by atoms with Crippen LogP contribution in [0.15, 0.2) is 32.1 Å². The van der Waals surface area contributed by atoms with E-state index in [1.165, 1.54) is 0 Å². The number of nitrogens with zero attached hydrogens (tertiary/aromatic N) is 1. The van der Waals surface area contributed by atoms with Crippen molar-refractivity contribution in [2.45, 2.75) is 13.1 Å². The van der Waals surface area contributed by atoms with Crippen molar-refractivity contribution in [2.75, 3.05) is 0 Å². The van der Waals surface area contributed by atoms with Crippen LogP contribution in [0.2, 0.25) is 0 Å². The van der Waals surface area contributed by atoms with Crippen LogP contribution in [0.25, 0.3) is 0 Å². The predicted octanol–water partition coefficient (Wildman–Crippen LogP) is 2.82. The molecule has 0 saturated heterocycles. The number of hydrogen-bond acceptors (Lipinski definition) is 3. The standard InChI is InChI=1S/C9H9Br2N3O/c10-8-1-7(15-9(8)11)4-12-2-6-3-13-5-14-6/h1,3,5,12H,2,4H2,(H,13,14). The van der Waals surface area contributed by atoms with Crippen molar-refractivity contribution in [2.24, 2.45) is 0 Å². The van der Waals surface area contributed by atoms with E-state index in [4.69, 9.17) is 4.42 Å². The highest BCUT2D eigenvalue weighted by Gasteiger charge is 2.05. The van der Waals surface area contributed by atoms with Crippen molar-refractivity contribution < 1.29 is 4.42 Å². The van der Waals surface area contributed by atoms with Crippen molar-refractivity contribution in [3.8, 4) is 0 Å². The minimum Gasteiger partial charge on any atom is -0.452 e. The Morgan fingerprint density at radius 3 is 2.87 bits per heavy atom. The Morgan fingerprint density at radius 1 is 1.40 bits per heavy atom. The van der Waals surface area contributed by atoms with Crippen molar-refractivity contribution in [1.82, 2.24) is 15.3 Å². The molecule has 4 nitrogen and oxygen atoms in total. The molecule has 0 aliphatic rings. The number of furan rings is 1. The molecule has 2 aromatic rings. The Bertz CT molecular complexity index is 405. The number of imidazole rings is 1. The first kappa shape index (κ1) is 10.9. The molecule has 0 radical (unpaired) electrons. The van der Waals surface area contributed by atoms with Crippen LogP contribution in [-0.2, 0) is 13.1 Å². The van der Waals surface area contributed by atoms with Gasteiger partial charge in [0.2, 0.25) is 0 Å². The SMILES string of the molecule is Brc1cc(CNCc2cnc[nH]2)oc1Br. The summed E-state index contributed by atoms with van der Waals surface area (Å²) in [4.78, 5) is 6.95. The third-order valence-electron chi connectivity index (χ3n) is 1.87. The first-order valence-electron chi connectivity index (χ1n) is 4.37. The van der Waals surface area contributed by atoms with Gasteiger partial charge >= 0.3 is 0 Å². The summed E-state index contributed by atoms with van der Waals surface area (Å²) in [6.45, 7) is 1.43. The van der Waals surface area contributed by atoms with E-state index in [1.807, 2.05) is 6.07 Å². The Hall–Kier alpha value is -0.590. The van der Waals surface area contributed by atoms with Gasteiger partial charge in [0, 0.05) is 18.4 Å². The van der Waals surface area contributed by atoms with Crippen LogP contribution in [0.3, 0.4) is 0 Å². The molecule has 15 heavy (non-hydrogen) atoms. The molecule has 0 amide bonds. The van der Waals surface area contributed by atoms with Crippen LogP contribution in [0.4, 0.5) is 0 Å². The van der Waals surface area contributed by atoms with E-state index in [-0.39, 0.29) is 0 Å². The third kappa shape index (κ3) is 2.93. The summed E-state index contributed by atoms with van der Waals surface area (Å²) in [5.74, 6) is 0.883. The molecule has 6 heteroatoms. The fourth-order valence-corrected chi connectivity index (χ4v) is 1.84. The Balaban J connectivity index is 1.83. The van der Waals surface area contributed by atoms with Crippen LogP contribution >= 0.6 is 31.9 Å². The van der Waals surface area contributed by atoms with Gasteiger partial charge in [-0.1, -0.05) is 0 Å². The molecule has 2 heterocycles. The highest BCUT2D eigenvalue weighted by atomic mass is 79.9. The summed E-state index contributed by atoms with van der Waals surface area (Å²) in [5, 5.41) is 3.24. The van der Waals surface area contributed by atoms with Gasteiger partial charge in [0.15, 0.2) is 4.67 Å². The lowest BCUT2D eigenvalue weighted by Gasteiger charge is -1.99. The summed E-state index contributed by atoms with van der Waals surface area (Å²) in [7, 11) is 0. The molecule has 0 bridgehead atoms. The van der Waals surface area contributed by atoms with Gasteiger partial charge in [-0.05, 0) is 37.9 Å². The highest BCUT2D eigenvalue weighted by Crippen LogP contribution is 2.26. The molecule has 0 aliphatic carbocycles. The van der Waals surface area contributed by atoms with Crippen molar-refractivity contribution in [3.05, 3.63) is 39.2 Å². The topological polar surface area (TPSA) is 53.9 Å². The summed E-state index contributed by atoms with van der Waals surface area (Å²) >= 11 is 6.65. The lowest BCUT2D eigenvalue weighted by Crippen LogP contribution is -2.12. The average Bonchev–Trinajstić information content (AvgIpc) is 2.79. The van der Waals surface area contributed by atoms with Crippen LogP contribution in [0, 0.1) is 0 Å². The zero-order valence-corrected chi connectivity index (χ0v) is 10.9. The molecule has 2 aromatic heterocycles. The maximum atomic E-state index is 5.42. The summed E-state index contributed by atoms with van der Waals surface area (Å²) < 4.78 is 7.07. The average molecular weight is 335 g/mol. The summed E-state index contributed by atoms with van der Waals surface area (Å²) in [6, 6.07) is 1.93. The van der Waals surface area contributed by atoms with Crippen LogP contribution in [-0.4, -0.2) is 9.97 Å². The van der Waals surface area contributed by atoms with E-state index >= 15 is 0 Å². The van der Waals surface area contributed by atoms with Gasteiger partial charge in [-0.25, -0.2) is 4.98 Å². The quantitative estimate of drug-likeness (QED) is 0.904. The van der Waals surface area contributed by atoms with Crippen molar-refractivity contribution >= 4 is 31.9 Å². The first-order chi connectivity index (χ1) is 7.25. The Labute approximate surface area is 104 Å². The molecule has 2 N–H and O–H groups in total. The number of nitrogens with one attached hydrogen (secondary N) is 2. The van der Waals surface area contributed by atoms with E-state index in [9.17, 15) is 0 Å².